The molecule has 1 aromatic rings. The van der Waals surface area contributed by atoms with Crippen LogP contribution in [0.3, 0.4) is 0 Å². The van der Waals surface area contributed by atoms with Gasteiger partial charge in [0.05, 0.1) is 7.11 Å². The Morgan fingerprint density at radius 3 is 2.39 bits per heavy atom. The van der Waals surface area contributed by atoms with E-state index in [4.69, 9.17) is 0 Å². The summed E-state index contributed by atoms with van der Waals surface area (Å²) in [7, 11) is 1.00. The van der Waals surface area contributed by atoms with Gasteiger partial charge >= 0.3 is 12.1 Å². The average molecular weight is 265 g/mol. The monoisotopic (exact) mass is 265 g/mol. The number of aromatic nitrogens is 1. The van der Waals surface area contributed by atoms with Crippen LogP contribution < -0.4 is 0 Å². The fourth-order valence-corrected chi connectivity index (χ4v) is 1.18. The highest BCUT2D eigenvalue weighted by molar-refractivity contribution is 5.75. The summed E-state index contributed by atoms with van der Waals surface area (Å²) in [4.78, 5) is 14.0. The lowest BCUT2D eigenvalue weighted by Gasteiger charge is -2.16. The number of aliphatic hydroxyl groups excluding tert-OH is 2. The molecular weight excluding hydrogens is 255 g/mol. The molecule has 0 aliphatic carbocycles. The number of rotatable bonds is 3. The van der Waals surface area contributed by atoms with Gasteiger partial charge in [-0.3, -0.25) is 4.98 Å². The van der Waals surface area contributed by atoms with E-state index in [1.165, 1.54) is 0 Å². The van der Waals surface area contributed by atoms with Crippen molar-refractivity contribution in [1.29, 1.82) is 0 Å². The zero-order valence-electron chi connectivity index (χ0n) is 9.18. The van der Waals surface area contributed by atoms with Crippen LogP contribution in [0.1, 0.15) is 17.4 Å². The molecular formula is C10H10F3NO4. The second kappa shape index (κ2) is 5.32. The number of carbonyl (C=O) groups excluding carboxylic acids is 1. The summed E-state index contributed by atoms with van der Waals surface area (Å²) >= 11 is 0. The Morgan fingerprint density at radius 1 is 1.39 bits per heavy atom. The first-order valence-electron chi connectivity index (χ1n) is 4.74. The van der Waals surface area contributed by atoms with E-state index >= 15 is 0 Å². The summed E-state index contributed by atoms with van der Waals surface area (Å²) in [6, 6.07) is 1.56. The van der Waals surface area contributed by atoms with Gasteiger partial charge in [-0.25, -0.2) is 4.79 Å². The molecule has 0 saturated heterocycles. The van der Waals surface area contributed by atoms with Crippen LogP contribution in [0, 0.1) is 0 Å². The number of esters is 1. The fraction of sp³-hybridized carbons (Fsp3) is 0.400. The molecule has 1 heterocycles. The van der Waals surface area contributed by atoms with Gasteiger partial charge in [0.15, 0.2) is 6.10 Å². The number of pyridine rings is 1. The first-order chi connectivity index (χ1) is 8.27. The van der Waals surface area contributed by atoms with Crippen LogP contribution in [-0.4, -0.2) is 34.4 Å². The maximum absolute atomic E-state index is 12.2. The lowest BCUT2D eigenvalue weighted by Crippen LogP contribution is -2.29. The second-order valence-electron chi connectivity index (χ2n) is 3.39. The van der Waals surface area contributed by atoms with Gasteiger partial charge in [-0.2, -0.15) is 13.2 Å². The van der Waals surface area contributed by atoms with Crippen LogP contribution in [0.25, 0.3) is 0 Å². The Labute approximate surface area is 99.8 Å². The van der Waals surface area contributed by atoms with E-state index < -0.39 is 30.0 Å². The van der Waals surface area contributed by atoms with Gasteiger partial charge in [0.2, 0.25) is 0 Å². The molecule has 8 heteroatoms. The number of carbonyl (C=O) groups is 1. The molecule has 1 aromatic heterocycles. The number of hydrogen-bond donors (Lipinski definition) is 2. The predicted octanol–water partition coefficient (Wildman–Crippen LogP) is 0.668. The first kappa shape index (κ1) is 14.4. The van der Waals surface area contributed by atoms with Gasteiger partial charge < -0.3 is 14.9 Å². The van der Waals surface area contributed by atoms with Crippen molar-refractivity contribution in [1.82, 2.24) is 4.98 Å². The molecule has 0 fully saturated rings. The van der Waals surface area contributed by atoms with Gasteiger partial charge in [0.25, 0.3) is 0 Å². The Balaban J connectivity index is 2.89. The van der Waals surface area contributed by atoms with Crippen molar-refractivity contribution in [2.45, 2.75) is 18.4 Å². The molecule has 0 saturated carbocycles. The third-order valence-corrected chi connectivity index (χ3v) is 2.16. The highest BCUT2D eigenvalue weighted by Crippen LogP contribution is 2.28. The minimum atomic E-state index is -4.59. The Hall–Kier alpha value is -1.67. The molecule has 2 unspecified atom stereocenters. The minimum Gasteiger partial charge on any atom is -0.467 e. The van der Waals surface area contributed by atoms with E-state index in [0.29, 0.717) is 6.07 Å². The Morgan fingerprint density at radius 2 is 2.00 bits per heavy atom. The lowest BCUT2D eigenvalue weighted by molar-refractivity contribution is -0.157. The van der Waals surface area contributed by atoms with Crippen molar-refractivity contribution in [3.05, 3.63) is 29.6 Å². The summed E-state index contributed by atoms with van der Waals surface area (Å²) in [6.07, 6.45) is -7.44. The van der Waals surface area contributed by atoms with Crippen molar-refractivity contribution in [2.75, 3.05) is 7.11 Å². The van der Waals surface area contributed by atoms with E-state index in [-0.39, 0.29) is 5.56 Å². The number of hydrogen-bond acceptors (Lipinski definition) is 5. The van der Waals surface area contributed by atoms with E-state index in [2.05, 4.69) is 9.72 Å². The second-order valence-corrected chi connectivity index (χ2v) is 3.39. The largest absolute Gasteiger partial charge is 0.467 e. The summed E-state index contributed by atoms with van der Waals surface area (Å²) in [6.45, 7) is 0. The quantitative estimate of drug-likeness (QED) is 0.785. The highest BCUT2D eigenvalue weighted by atomic mass is 19.4. The smallest absolute Gasteiger partial charge is 0.433 e. The Kier molecular flexibility index (Phi) is 4.25. The molecule has 0 amide bonds. The van der Waals surface area contributed by atoms with Crippen molar-refractivity contribution in [3.63, 3.8) is 0 Å². The molecule has 0 aliphatic heterocycles. The first-order valence-corrected chi connectivity index (χ1v) is 4.74. The number of ether oxygens (including phenoxy) is 1. The van der Waals surface area contributed by atoms with E-state index in [1.807, 2.05) is 0 Å². The van der Waals surface area contributed by atoms with Crippen LogP contribution in [-0.2, 0) is 15.7 Å². The number of methoxy groups -OCH3 is 1. The Bertz CT molecular complexity index is 418. The highest BCUT2D eigenvalue weighted by Gasteiger charge is 2.33. The van der Waals surface area contributed by atoms with E-state index in [0.717, 1.165) is 19.4 Å². The number of alkyl halides is 3. The molecule has 1 rings (SSSR count). The van der Waals surface area contributed by atoms with Crippen LogP contribution in [0.4, 0.5) is 13.2 Å². The third kappa shape index (κ3) is 3.17. The molecule has 5 nitrogen and oxygen atoms in total. The number of nitrogens with zero attached hydrogens (tertiary/aromatic N) is 1. The molecule has 18 heavy (non-hydrogen) atoms. The SMILES string of the molecule is COC(=O)C(O)C(O)c1ccc(C(F)(F)F)nc1. The van der Waals surface area contributed by atoms with Crippen LogP contribution >= 0.6 is 0 Å². The topological polar surface area (TPSA) is 79.7 Å². The average Bonchev–Trinajstić information content (AvgIpc) is 2.35. The third-order valence-electron chi connectivity index (χ3n) is 2.16. The lowest BCUT2D eigenvalue weighted by atomic mass is 10.1. The van der Waals surface area contributed by atoms with E-state index in [1.54, 1.807) is 0 Å². The van der Waals surface area contributed by atoms with Crippen molar-refractivity contribution in [2.24, 2.45) is 0 Å². The van der Waals surface area contributed by atoms with Crippen molar-refractivity contribution in [3.8, 4) is 0 Å². The van der Waals surface area contributed by atoms with Gasteiger partial charge in [-0.15, -0.1) is 0 Å². The van der Waals surface area contributed by atoms with Crippen LogP contribution in [0.2, 0.25) is 0 Å². The minimum absolute atomic E-state index is 0.124. The molecule has 2 N–H and O–H groups in total. The zero-order chi connectivity index (χ0) is 13.9. The molecule has 0 spiro atoms. The van der Waals surface area contributed by atoms with E-state index in [9.17, 15) is 28.2 Å². The van der Waals surface area contributed by atoms with Gasteiger partial charge in [-0.1, -0.05) is 6.07 Å². The summed E-state index contributed by atoms with van der Waals surface area (Å²) in [5, 5.41) is 18.8. The van der Waals surface area contributed by atoms with Gasteiger partial charge in [-0.05, 0) is 6.07 Å². The molecule has 0 aromatic carbocycles. The fourth-order valence-electron chi connectivity index (χ4n) is 1.18. The molecule has 100 valence electrons. The van der Waals surface area contributed by atoms with Gasteiger partial charge in [0, 0.05) is 11.8 Å². The molecule has 0 radical (unpaired) electrons. The molecule has 2 atom stereocenters. The van der Waals surface area contributed by atoms with Crippen molar-refractivity contribution >= 4 is 5.97 Å². The number of aliphatic hydroxyl groups is 2. The normalized spacial score (nSPS) is 15.0. The zero-order valence-corrected chi connectivity index (χ0v) is 9.18. The molecule has 0 aliphatic rings. The van der Waals surface area contributed by atoms with Crippen LogP contribution in [0.15, 0.2) is 18.3 Å². The van der Waals surface area contributed by atoms with Gasteiger partial charge in [0.1, 0.15) is 11.8 Å². The van der Waals surface area contributed by atoms with Crippen LogP contribution in [0.5, 0.6) is 0 Å². The maximum atomic E-state index is 12.2. The summed E-state index contributed by atoms with van der Waals surface area (Å²) in [5.74, 6) is -1.10. The number of halogens is 3. The predicted molar refractivity (Wildman–Crippen MR) is 52.2 cm³/mol. The standard InChI is InChI=1S/C10H10F3NO4/c1-18-9(17)8(16)7(15)5-2-3-6(14-4-5)10(11,12)13/h2-4,7-8,15-16H,1H3. The summed E-state index contributed by atoms with van der Waals surface area (Å²) < 4.78 is 40.8. The maximum Gasteiger partial charge on any atom is 0.433 e. The van der Waals surface area contributed by atoms with Crippen molar-refractivity contribution < 1.29 is 32.9 Å². The molecule has 0 bridgehead atoms. The summed E-state index contributed by atoms with van der Waals surface area (Å²) in [5.41, 5.74) is -1.26.